The third-order valence-electron chi connectivity index (χ3n) is 5.47. The number of carbonyl (C=O) groups is 2. The summed E-state index contributed by atoms with van der Waals surface area (Å²) in [6, 6.07) is 7.95. The highest BCUT2D eigenvalue weighted by Crippen LogP contribution is 2.33. The Morgan fingerprint density at radius 2 is 1.97 bits per heavy atom. The third kappa shape index (κ3) is 6.51. The zero-order chi connectivity index (χ0) is 25.6. The van der Waals surface area contributed by atoms with Gasteiger partial charge < -0.3 is 20.1 Å². The lowest BCUT2D eigenvalue weighted by molar-refractivity contribution is 0.0385. The monoisotopic (exact) mass is 542 g/mol. The first-order valence-electron chi connectivity index (χ1n) is 11.4. The zero-order valence-corrected chi connectivity index (χ0v) is 21.1. The van der Waals surface area contributed by atoms with Crippen molar-refractivity contribution in [2.45, 2.75) is 0 Å². The summed E-state index contributed by atoms with van der Waals surface area (Å²) >= 11 is 7.10. The van der Waals surface area contributed by atoms with Crippen LogP contribution in [0.25, 0.3) is 21.6 Å². The van der Waals surface area contributed by atoms with Crippen LogP contribution < -0.4 is 20.7 Å². The molecule has 0 atom stereocenters. The van der Waals surface area contributed by atoms with E-state index in [-0.39, 0.29) is 0 Å². The summed E-state index contributed by atoms with van der Waals surface area (Å²) in [4.78, 5) is 36.5. The maximum Gasteiger partial charge on any atom is 0.412 e. The average Bonchev–Trinajstić information content (AvgIpc) is 3.56. The molecule has 1 aliphatic heterocycles. The van der Waals surface area contributed by atoms with E-state index in [0.717, 1.165) is 13.1 Å². The third-order valence-corrected chi connectivity index (χ3v) is 6.66. The molecule has 4 heterocycles. The van der Waals surface area contributed by atoms with Crippen LogP contribution in [0, 0.1) is 0 Å². The summed E-state index contributed by atoms with van der Waals surface area (Å²) in [5.74, 6) is 0.306. The standard InChI is InChI=1S/C23H23ClN8O4S/c24-14-1-3-15(4-2-14)28-21(33)30-22-26-13-19(37-22)17-11-18(16-12-27-31-20(16)29-17)36-23(34)25-5-6-32-7-9-35-10-8-32/h1-4,11-13H,5-10H2,(H,25,34)(H,27,29,31)(H2,26,28,30,33). The fourth-order valence-corrected chi connectivity index (χ4v) is 4.53. The number of ether oxygens (including phenoxy) is 2. The molecule has 0 spiro atoms. The molecular weight excluding hydrogens is 520 g/mol. The van der Waals surface area contributed by atoms with Crippen molar-refractivity contribution in [1.82, 2.24) is 30.4 Å². The van der Waals surface area contributed by atoms with Gasteiger partial charge in [-0.25, -0.2) is 19.6 Å². The van der Waals surface area contributed by atoms with E-state index in [1.807, 2.05) is 0 Å². The SMILES string of the molecule is O=C(Nc1ccc(Cl)cc1)Nc1ncc(-c2cc(OC(=O)NCCN3CCOCC3)c3cn[nH]c3n2)s1. The first kappa shape index (κ1) is 24.9. The Hall–Kier alpha value is -3.78. The Morgan fingerprint density at radius 3 is 2.78 bits per heavy atom. The van der Waals surface area contributed by atoms with E-state index in [1.54, 1.807) is 42.7 Å². The zero-order valence-electron chi connectivity index (χ0n) is 19.5. The number of aromatic nitrogens is 4. The van der Waals surface area contributed by atoms with Gasteiger partial charge in [0.05, 0.1) is 35.4 Å². The van der Waals surface area contributed by atoms with Gasteiger partial charge in [0.1, 0.15) is 5.75 Å². The molecule has 0 saturated carbocycles. The molecule has 1 aromatic carbocycles. The van der Waals surface area contributed by atoms with Crippen LogP contribution in [0.4, 0.5) is 20.4 Å². The molecule has 37 heavy (non-hydrogen) atoms. The van der Waals surface area contributed by atoms with Gasteiger partial charge in [0.15, 0.2) is 10.8 Å². The largest absolute Gasteiger partial charge is 0.412 e. The number of nitrogens with zero attached hydrogens (tertiary/aromatic N) is 4. The maximum absolute atomic E-state index is 12.5. The quantitative estimate of drug-likeness (QED) is 0.276. The summed E-state index contributed by atoms with van der Waals surface area (Å²) in [7, 11) is 0. The van der Waals surface area contributed by atoms with Gasteiger partial charge in [0, 0.05) is 49.2 Å². The lowest BCUT2D eigenvalue weighted by Crippen LogP contribution is -2.41. The minimum absolute atomic E-state index is 0.306. The van der Waals surface area contributed by atoms with Crippen molar-refractivity contribution in [3.63, 3.8) is 0 Å². The van der Waals surface area contributed by atoms with Crippen molar-refractivity contribution in [1.29, 1.82) is 0 Å². The topological polar surface area (TPSA) is 146 Å². The van der Waals surface area contributed by atoms with E-state index in [0.29, 0.717) is 69.5 Å². The Morgan fingerprint density at radius 1 is 1.16 bits per heavy atom. The van der Waals surface area contributed by atoms with E-state index in [9.17, 15) is 9.59 Å². The van der Waals surface area contributed by atoms with Crippen LogP contribution in [0.2, 0.25) is 5.02 Å². The average molecular weight is 543 g/mol. The maximum atomic E-state index is 12.5. The van der Waals surface area contributed by atoms with Crippen LogP contribution in [0.3, 0.4) is 0 Å². The number of hydrogen-bond acceptors (Lipinski definition) is 9. The van der Waals surface area contributed by atoms with E-state index >= 15 is 0 Å². The van der Waals surface area contributed by atoms with Crippen LogP contribution in [-0.2, 0) is 4.74 Å². The number of anilines is 2. The number of benzene rings is 1. The molecule has 0 radical (unpaired) electrons. The van der Waals surface area contributed by atoms with Crippen LogP contribution in [-0.4, -0.2) is 76.6 Å². The Balaban J connectivity index is 1.23. The van der Waals surface area contributed by atoms with Gasteiger partial charge in [-0.1, -0.05) is 22.9 Å². The van der Waals surface area contributed by atoms with Gasteiger partial charge >= 0.3 is 12.1 Å². The van der Waals surface area contributed by atoms with Gasteiger partial charge in [-0.05, 0) is 24.3 Å². The number of nitrogens with one attached hydrogen (secondary N) is 4. The lowest BCUT2D eigenvalue weighted by atomic mass is 10.2. The number of hydrogen-bond donors (Lipinski definition) is 4. The highest BCUT2D eigenvalue weighted by molar-refractivity contribution is 7.19. The molecule has 3 amide bonds. The number of rotatable bonds is 7. The minimum atomic E-state index is -0.571. The number of H-pyrrole nitrogens is 1. The second kappa shape index (κ2) is 11.5. The van der Waals surface area contributed by atoms with E-state index in [2.05, 4.69) is 41.0 Å². The van der Waals surface area contributed by atoms with Gasteiger partial charge in [0.25, 0.3) is 0 Å². The number of thiazole rings is 1. The molecular formula is C23H23ClN8O4S. The van der Waals surface area contributed by atoms with Crippen LogP contribution in [0.15, 0.2) is 42.7 Å². The van der Waals surface area contributed by atoms with E-state index in [4.69, 9.17) is 21.1 Å². The summed E-state index contributed by atoms with van der Waals surface area (Å²) in [5, 5.41) is 16.5. The van der Waals surface area contributed by atoms with Crippen LogP contribution in [0.1, 0.15) is 0 Å². The van der Waals surface area contributed by atoms with Crippen molar-refractivity contribution < 1.29 is 19.1 Å². The minimum Gasteiger partial charge on any atom is -0.409 e. The second-order valence-corrected chi connectivity index (χ2v) is 9.49. The molecule has 1 saturated heterocycles. The molecule has 1 aliphatic rings. The predicted molar refractivity (Wildman–Crippen MR) is 140 cm³/mol. The Bertz CT molecular complexity index is 1390. The number of pyridine rings is 1. The molecule has 5 rings (SSSR count). The van der Waals surface area contributed by atoms with Gasteiger partial charge in [-0.2, -0.15) is 5.10 Å². The van der Waals surface area contributed by atoms with Gasteiger partial charge in [-0.3, -0.25) is 15.3 Å². The van der Waals surface area contributed by atoms with E-state index in [1.165, 1.54) is 11.3 Å². The smallest absolute Gasteiger partial charge is 0.409 e. The van der Waals surface area contributed by atoms with Crippen molar-refractivity contribution in [2.75, 3.05) is 50.0 Å². The molecule has 0 bridgehead atoms. The summed E-state index contributed by atoms with van der Waals surface area (Å²) in [5.41, 5.74) is 1.56. The molecule has 4 aromatic rings. The first-order valence-corrected chi connectivity index (χ1v) is 12.6. The van der Waals surface area contributed by atoms with Crippen molar-refractivity contribution in [3.8, 4) is 16.3 Å². The number of aromatic amines is 1. The fourth-order valence-electron chi connectivity index (χ4n) is 3.63. The first-order chi connectivity index (χ1) is 18.0. The number of amides is 3. The molecule has 14 heteroatoms. The van der Waals surface area contributed by atoms with Crippen LogP contribution >= 0.6 is 22.9 Å². The number of urea groups is 1. The Labute approximate surface area is 220 Å². The fraction of sp³-hybridized carbons (Fsp3) is 0.261. The van der Waals surface area contributed by atoms with Gasteiger partial charge in [-0.15, -0.1) is 0 Å². The number of morpholine rings is 1. The molecule has 3 aromatic heterocycles. The van der Waals surface area contributed by atoms with Crippen molar-refractivity contribution in [2.24, 2.45) is 0 Å². The highest BCUT2D eigenvalue weighted by Gasteiger charge is 2.17. The molecule has 192 valence electrons. The second-order valence-electron chi connectivity index (χ2n) is 8.02. The van der Waals surface area contributed by atoms with Crippen LogP contribution in [0.5, 0.6) is 5.75 Å². The highest BCUT2D eigenvalue weighted by atomic mass is 35.5. The van der Waals surface area contributed by atoms with Crippen molar-refractivity contribution >= 4 is 56.9 Å². The van der Waals surface area contributed by atoms with Gasteiger partial charge in [0.2, 0.25) is 0 Å². The number of carbonyl (C=O) groups excluding carboxylic acids is 2. The molecule has 0 aliphatic carbocycles. The van der Waals surface area contributed by atoms with E-state index < -0.39 is 12.1 Å². The number of halogens is 1. The summed E-state index contributed by atoms with van der Waals surface area (Å²) < 4.78 is 10.9. The molecule has 0 unspecified atom stereocenters. The molecule has 4 N–H and O–H groups in total. The predicted octanol–water partition coefficient (Wildman–Crippen LogP) is 3.80. The Kier molecular flexibility index (Phi) is 7.75. The molecule has 12 nitrogen and oxygen atoms in total. The molecule has 1 fully saturated rings. The van der Waals surface area contributed by atoms with Crippen molar-refractivity contribution in [3.05, 3.63) is 47.7 Å². The normalized spacial score (nSPS) is 13.9. The summed E-state index contributed by atoms with van der Waals surface area (Å²) in [6.45, 7) is 4.24. The summed E-state index contributed by atoms with van der Waals surface area (Å²) in [6.07, 6.45) is 2.56. The lowest BCUT2D eigenvalue weighted by Gasteiger charge is -2.26. The number of fused-ring (bicyclic) bond motifs is 1.